The van der Waals surface area contributed by atoms with Crippen molar-refractivity contribution >= 4 is 66.9 Å². The number of benzene rings is 5. The predicted octanol–water partition coefficient (Wildman–Crippen LogP) is 10.3. The lowest BCUT2D eigenvalue weighted by atomic mass is 10.1. The fourth-order valence-corrected chi connectivity index (χ4v) is 10.6. The molecule has 23 heteroatoms. The van der Waals surface area contributed by atoms with Crippen molar-refractivity contribution in [1.82, 2.24) is 31.3 Å². The molecule has 4 amide bonds. The third-order valence-corrected chi connectivity index (χ3v) is 15.8. The summed E-state index contributed by atoms with van der Waals surface area (Å²) in [6.07, 6.45) is 5.83. The van der Waals surface area contributed by atoms with Crippen LogP contribution in [0.2, 0.25) is 5.02 Å². The highest BCUT2D eigenvalue weighted by Crippen LogP contribution is 2.46. The zero-order valence-corrected chi connectivity index (χ0v) is 52.5. The number of nitrogens with one attached hydrogen (secondary N) is 5. The Labute approximate surface area is 536 Å². The van der Waals surface area contributed by atoms with Gasteiger partial charge in [0.05, 0.1) is 23.8 Å². The number of pyridine rings is 1. The van der Waals surface area contributed by atoms with Gasteiger partial charge in [-0.05, 0) is 85.3 Å². The summed E-state index contributed by atoms with van der Waals surface area (Å²) >= 11 is 5.92. The molecule has 6 aromatic rings. The second-order valence-electron chi connectivity index (χ2n) is 21.3. The third kappa shape index (κ3) is 29.3. The van der Waals surface area contributed by atoms with Gasteiger partial charge in [-0.3, -0.25) is 42.8 Å². The Kier molecular flexibility index (Phi) is 32.1. The quantitative estimate of drug-likeness (QED) is 0.0103. The van der Waals surface area contributed by atoms with E-state index in [0.717, 1.165) is 12.0 Å². The minimum atomic E-state index is -4.49. The molecule has 0 spiro atoms. The number of ether oxygens (including phenoxy) is 4. The zero-order valence-electron chi connectivity index (χ0n) is 50.9. The molecule has 5 aromatic carbocycles. The van der Waals surface area contributed by atoms with Gasteiger partial charge in [0.15, 0.2) is 0 Å². The highest BCUT2D eigenvalue weighted by atomic mass is 35.5. The number of halogens is 1. The van der Waals surface area contributed by atoms with Gasteiger partial charge >= 0.3 is 31.6 Å². The monoisotopic (exact) mass is 1290 g/mol. The minimum absolute atomic E-state index is 0.00286. The van der Waals surface area contributed by atoms with E-state index in [1.807, 2.05) is 36.4 Å². The molecule has 0 radical (unpaired) electrons. The molecule has 6 rings (SSSR count). The largest absolute Gasteiger partial charge is 0.461 e. The smallest absolute Gasteiger partial charge is 0.406 e. The van der Waals surface area contributed by atoms with Gasteiger partial charge in [0, 0.05) is 51.2 Å². The van der Waals surface area contributed by atoms with Crippen LogP contribution in [0.4, 0.5) is 0 Å². The number of aromatic nitrogens is 1. The van der Waals surface area contributed by atoms with E-state index >= 15 is 0 Å². The van der Waals surface area contributed by atoms with Crippen LogP contribution in [-0.4, -0.2) is 90.3 Å². The minimum Gasteiger partial charge on any atom is -0.461 e. The highest BCUT2D eigenvalue weighted by molar-refractivity contribution is 7.51. The summed E-state index contributed by atoms with van der Waals surface area (Å²) < 4.78 is 49.2. The van der Waals surface area contributed by atoms with Gasteiger partial charge < -0.3 is 40.2 Å². The number of hydrogen-bond donors (Lipinski definition) is 5. The number of rotatable bonds is 42. The number of amides is 4. The highest BCUT2D eigenvalue weighted by Gasteiger charge is 2.35. The Morgan fingerprint density at radius 1 is 0.429 bits per heavy atom. The van der Waals surface area contributed by atoms with Gasteiger partial charge in [0.25, 0.3) is 5.91 Å². The van der Waals surface area contributed by atoms with Gasteiger partial charge in [0.2, 0.25) is 17.7 Å². The lowest BCUT2D eigenvalue weighted by Gasteiger charge is -2.25. The molecule has 1 heterocycles. The van der Waals surface area contributed by atoms with E-state index in [-0.39, 0.29) is 96.4 Å². The Morgan fingerprint density at radius 3 is 1.36 bits per heavy atom. The fraction of sp³-hybridized carbons (Fsp3) is 0.368. The van der Waals surface area contributed by atoms with Crippen LogP contribution in [0.25, 0.3) is 0 Å². The van der Waals surface area contributed by atoms with Crippen LogP contribution in [0.1, 0.15) is 128 Å². The topological polar surface area (TPSA) is 282 Å². The number of unbranched alkanes of at least 4 members (excludes halogenated alkanes) is 4. The SMILES string of the molecule is O=C(CCCCCNC(=O)c1cncc(Cl)c1)NCCCCCC(=O)N[C@@H](CCC(=O)N[C@@H](CCCOP(=O)(N[C@@H](CCC(=O)OCc1ccccc1)C(=O)OCc1ccccc1)OCc1ccccc1)C(=O)OCc1ccccc1)C(=O)OCc1ccccc1. The Balaban J connectivity index is 1.03. The van der Waals surface area contributed by atoms with E-state index in [1.165, 1.54) is 18.5 Å². The molecule has 0 fully saturated rings. The van der Waals surface area contributed by atoms with Gasteiger partial charge in [0.1, 0.15) is 44.6 Å². The van der Waals surface area contributed by atoms with Crippen LogP contribution in [0, 0.1) is 0 Å². The van der Waals surface area contributed by atoms with E-state index in [9.17, 15) is 42.9 Å². The number of carbonyl (C=O) groups is 8. The maximum Gasteiger partial charge on any atom is 0.406 e. The van der Waals surface area contributed by atoms with Gasteiger partial charge in [-0.25, -0.2) is 19.2 Å². The van der Waals surface area contributed by atoms with Crippen molar-refractivity contribution in [3.63, 3.8) is 0 Å². The molecular weight excluding hydrogens is 1210 g/mol. The van der Waals surface area contributed by atoms with Gasteiger partial charge in [-0.15, -0.1) is 0 Å². The van der Waals surface area contributed by atoms with Crippen molar-refractivity contribution in [3.05, 3.63) is 209 Å². The van der Waals surface area contributed by atoms with Crippen LogP contribution < -0.4 is 26.4 Å². The number of esters is 4. The molecule has 0 bridgehead atoms. The first-order valence-electron chi connectivity index (χ1n) is 30.5. The van der Waals surface area contributed by atoms with E-state index < -0.39 is 61.6 Å². The van der Waals surface area contributed by atoms with Crippen LogP contribution in [0.3, 0.4) is 0 Å². The zero-order chi connectivity index (χ0) is 64.7. The Morgan fingerprint density at radius 2 is 0.857 bits per heavy atom. The predicted molar refractivity (Wildman–Crippen MR) is 340 cm³/mol. The fourth-order valence-electron chi connectivity index (χ4n) is 8.94. The van der Waals surface area contributed by atoms with Crippen molar-refractivity contribution < 1.29 is 70.9 Å². The summed E-state index contributed by atoms with van der Waals surface area (Å²) in [6.45, 7) is -0.0427. The summed E-state index contributed by atoms with van der Waals surface area (Å²) in [5.41, 5.74) is 3.83. The molecule has 1 unspecified atom stereocenters. The molecule has 484 valence electrons. The third-order valence-electron chi connectivity index (χ3n) is 13.9. The maximum atomic E-state index is 14.8. The standard InChI is InChI=1S/C68H80ClN6O15P/c69-57-43-56(44-70-45-57)65(80)72-41-21-6-18-34-61(76)71-40-20-7-19-35-62(77)74-59(67(82)87-48-53-27-12-3-13-28-53)36-38-63(78)73-58(66(81)86-47-52-25-10-2-11-26-52)33-22-42-89-91(84,90-50-55-31-16-5-17-32-55)75-60(68(83)88-49-54-29-14-4-15-30-54)37-39-64(79)85-46-51-23-8-1-9-24-51/h1-5,8-17,23-32,43-45,58-60H,6-7,18-22,33-42,46-50H2,(H,71,76)(H,72,80)(H,73,78)(H,74,77)(H,75,84)/t58-,59-,60-,91?/m0/s1. The molecular formula is C68H80ClN6O15P. The van der Waals surface area contributed by atoms with E-state index in [1.54, 1.807) is 115 Å². The molecule has 21 nitrogen and oxygen atoms in total. The molecule has 0 saturated heterocycles. The van der Waals surface area contributed by atoms with E-state index in [0.29, 0.717) is 84.5 Å². The Hall–Kier alpha value is -8.59. The average molecular weight is 1290 g/mol. The number of carbonyl (C=O) groups excluding carboxylic acids is 8. The summed E-state index contributed by atoms with van der Waals surface area (Å²) in [6, 6.07) is 42.2. The molecule has 0 aliphatic carbocycles. The van der Waals surface area contributed by atoms with Crippen molar-refractivity contribution in [2.75, 3.05) is 19.7 Å². The number of nitrogens with zero attached hydrogens (tertiary/aromatic N) is 1. The van der Waals surface area contributed by atoms with Gasteiger partial charge in [-0.2, -0.15) is 0 Å². The summed E-state index contributed by atoms with van der Waals surface area (Å²) in [5, 5.41) is 14.2. The van der Waals surface area contributed by atoms with Crippen molar-refractivity contribution in [2.45, 2.75) is 141 Å². The molecule has 0 aliphatic rings. The van der Waals surface area contributed by atoms with Crippen molar-refractivity contribution in [3.8, 4) is 0 Å². The lowest BCUT2D eigenvalue weighted by Crippen LogP contribution is -2.45. The number of hydrogen-bond acceptors (Lipinski definition) is 16. The molecule has 91 heavy (non-hydrogen) atoms. The lowest BCUT2D eigenvalue weighted by molar-refractivity contribution is -0.150. The first-order valence-corrected chi connectivity index (χ1v) is 32.4. The maximum absolute atomic E-state index is 14.8. The van der Waals surface area contributed by atoms with Crippen molar-refractivity contribution in [2.24, 2.45) is 0 Å². The summed E-state index contributed by atoms with van der Waals surface area (Å²) in [5.74, 6) is -4.51. The van der Waals surface area contributed by atoms with Crippen LogP contribution in [0.15, 0.2) is 170 Å². The van der Waals surface area contributed by atoms with E-state index in [2.05, 4.69) is 31.3 Å². The summed E-state index contributed by atoms with van der Waals surface area (Å²) in [7, 11) is -4.49. The van der Waals surface area contributed by atoms with Gasteiger partial charge in [-0.1, -0.05) is 176 Å². The first-order chi connectivity index (χ1) is 44.2. The second kappa shape index (κ2) is 40.9. The average Bonchev–Trinajstić information content (AvgIpc) is 2.78. The van der Waals surface area contributed by atoms with Crippen LogP contribution >= 0.6 is 19.3 Å². The molecule has 0 aliphatic heterocycles. The normalized spacial score (nSPS) is 12.6. The Bertz CT molecular complexity index is 3250. The van der Waals surface area contributed by atoms with E-state index in [4.69, 9.17) is 39.6 Å². The van der Waals surface area contributed by atoms with Crippen LogP contribution in [-0.2, 0) is 99.2 Å². The second-order valence-corrected chi connectivity index (χ2v) is 23.5. The van der Waals surface area contributed by atoms with Crippen LogP contribution in [0.5, 0.6) is 0 Å². The van der Waals surface area contributed by atoms with Crippen molar-refractivity contribution in [1.29, 1.82) is 0 Å². The molecule has 0 saturated carbocycles. The summed E-state index contributed by atoms with van der Waals surface area (Å²) in [4.78, 5) is 110. The molecule has 4 atom stereocenters. The first kappa shape index (κ1) is 71.5. The molecule has 5 N–H and O–H groups in total. The molecule has 1 aromatic heterocycles.